The zero-order chi connectivity index (χ0) is 26.6. The van der Waals surface area contributed by atoms with Crippen LogP contribution in [0.3, 0.4) is 0 Å². The van der Waals surface area contributed by atoms with Gasteiger partial charge in [0.15, 0.2) is 0 Å². The Balaban J connectivity index is 1.42. The fraction of sp³-hybridized carbons (Fsp3) is 0.500. The second kappa shape index (κ2) is 11.4. The van der Waals surface area contributed by atoms with Crippen molar-refractivity contribution in [3.8, 4) is 5.75 Å². The molecule has 2 atom stereocenters. The van der Waals surface area contributed by atoms with E-state index in [4.69, 9.17) is 0 Å². The number of hydrogen-bond donors (Lipinski definition) is 2. The van der Waals surface area contributed by atoms with E-state index in [1.165, 1.54) is 19.3 Å². The molecule has 2 saturated heterocycles. The first-order chi connectivity index (χ1) is 18.4. The van der Waals surface area contributed by atoms with Gasteiger partial charge in [0.05, 0.1) is 25.3 Å². The van der Waals surface area contributed by atoms with E-state index in [1.54, 1.807) is 57.3 Å². The van der Waals surface area contributed by atoms with E-state index in [-0.39, 0.29) is 49.7 Å². The number of phenolic OH excluding ortho intramolecular Hbond substituents is 1. The highest BCUT2D eigenvalue weighted by Crippen LogP contribution is 2.29. The molecule has 2 aliphatic heterocycles. The number of fused-ring (bicyclic) bond motifs is 1. The molecule has 1 aliphatic carbocycles. The predicted molar refractivity (Wildman–Crippen MR) is 140 cm³/mol. The van der Waals surface area contributed by atoms with Crippen molar-refractivity contribution >= 4 is 17.8 Å². The summed E-state index contributed by atoms with van der Waals surface area (Å²) in [5, 5.41) is 16.1. The van der Waals surface area contributed by atoms with Crippen molar-refractivity contribution in [3.63, 3.8) is 0 Å². The molecule has 1 unspecified atom stereocenters. The zero-order valence-electron chi connectivity index (χ0n) is 21.8. The summed E-state index contributed by atoms with van der Waals surface area (Å²) >= 11 is 0. The van der Waals surface area contributed by atoms with Gasteiger partial charge in [-0.15, -0.1) is 0 Å². The molecule has 10 nitrogen and oxygen atoms in total. The lowest BCUT2D eigenvalue weighted by atomic mass is 9.89. The third-order valence-electron chi connectivity index (χ3n) is 7.86. The van der Waals surface area contributed by atoms with Crippen LogP contribution in [0.4, 0.5) is 4.79 Å². The average Bonchev–Trinajstić information content (AvgIpc) is 2.92. The molecule has 1 saturated carbocycles. The molecular weight excluding hydrogens is 484 g/mol. The van der Waals surface area contributed by atoms with Gasteiger partial charge in [-0.25, -0.2) is 14.8 Å². The van der Waals surface area contributed by atoms with Crippen LogP contribution in [-0.2, 0) is 22.6 Å². The predicted octanol–water partition coefficient (Wildman–Crippen LogP) is 2.35. The second-order valence-electron chi connectivity index (χ2n) is 10.6. The number of amides is 4. The Labute approximate surface area is 223 Å². The highest BCUT2D eigenvalue weighted by Gasteiger charge is 2.50. The lowest BCUT2D eigenvalue weighted by molar-refractivity contribution is -0.187. The smallest absolute Gasteiger partial charge is 0.333 e. The Morgan fingerprint density at radius 3 is 2.55 bits per heavy atom. The summed E-state index contributed by atoms with van der Waals surface area (Å²) in [7, 11) is 1.74. The molecule has 0 radical (unpaired) electrons. The lowest BCUT2D eigenvalue weighted by Gasteiger charge is -2.54. The van der Waals surface area contributed by atoms with E-state index in [0.717, 1.165) is 24.1 Å². The Bertz CT molecular complexity index is 1140. The SMILES string of the molecule is CN1CC(=O)N2C(CN(Cc3ccccn3)C(=O)[C@@H]2Cc2ccc(O)cc2)N1C(=O)NCC1CCCCC1. The van der Waals surface area contributed by atoms with Crippen molar-refractivity contribution in [1.29, 1.82) is 0 Å². The highest BCUT2D eigenvalue weighted by atomic mass is 16.3. The van der Waals surface area contributed by atoms with Gasteiger partial charge in [-0.05, 0) is 48.6 Å². The molecule has 2 aromatic rings. The number of carbonyl (C=O) groups excluding carboxylic acids is 3. The quantitative estimate of drug-likeness (QED) is 0.605. The van der Waals surface area contributed by atoms with E-state index in [2.05, 4.69) is 10.3 Å². The molecule has 3 heterocycles. The van der Waals surface area contributed by atoms with Gasteiger partial charge in [-0.2, -0.15) is 0 Å². The van der Waals surface area contributed by atoms with Gasteiger partial charge in [0, 0.05) is 26.2 Å². The summed E-state index contributed by atoms with van der Waals surface area (Å²) in [6.07, 6.45) is 7.19. The first-order valence-electron chi connectivity index (χ1n) is 13.5. The summed E-state index contributed by atoms with van der Waals surface area (Å²) in [5.74, 6) is 0.232. The van der Waals surface area contributed by atoms with Crippen LogP contribution in [0.2, 0.25) is 0 Å². The number of carbonyl (C=O) groups is 3. The van der Waals surface area contributed by atoms with Crippen molar-refractivity contribution < 1.29 is 19.5 Å². The van der Waals surface area contributed by atoms with Crippen LogP contribution in [-0.4, -0.2) is 86.6 Å². The summed E-state index contributed by atoms with van der Waals surface area (Å²) in [6.45, 7) is 1.09. The molecule has 10 heteroatoms. The molecule has 1 aromatic heterocycles. The summed E-state index contributed by atoms with van der Waals surface area (Å²) in [5.41, 5.74) is 1.56. The molecule has 0 spiro atoms. The van der Waals surface area contributed by atoms with Gasteiger partial charge in [-0.3, -0.25) is 14.6 Å². The number of piperazine rings is 1. The first kappa shape index (κ1) is 26.0. The Kier molecular flexibility index (Phi) is 7.78. The van der Waals surface area contributed by atoms with Gasteiger partial charge in [-0.1, -0.05) is 37.5 Å². The Morgan fingerprint density at radius 1 is 1.08 bits per heavy atom. The van der Waals surface area contributed by atoms with Crippen molar-refractivity contribution in [1.82, 2.24) is 30.1 Å². The number of urea groups is 1. The number of likely N-dealkylation sites (N-methyl/N-ethyl adjacent to an activating group) is 1. The number of aromatic hydroxyl groups is 1. The van der Waals surface area contributed by atoms with Gasteiger partial charge >= 0.3 is 6.03 Å². The third-order valence-corrected chi connectivity index (χ3v) is 7.86. The van der Waals surface area contributed by atoms with Gasteiger partial charge in [0.25, 0.3) is 0 Å². The highest BCUT2D eigenvalue weighted by molar-refractivity contribution is 5.91. The maximum absolute atomic E-state index is 13.8. The van der Waals surface area contributed by atoms with Gasteiger partial charge in [0.2, 0.25) is 11.8 Å². The number of hydrogen-bond acceptors (Lipinski definition) is 6. The Morgan fingerprint density at radius 2 is 1.84 bits per heavy atom. The first-order valence-corrected chi connectivity index (χ1v) is 13.5. The van der Waals surface area contributed by atoms with Crippen LogP contribution < -0.4 is 5.32 Å². The van der Waals surface area contributed by atoms with E-state index in [1.807, 2.05) is 18.2 Å². The third kappa shape index (κ3) is 5.60. The average molecular weight is 521 g/mol. The van der Waals surface area contributed by atoms with Gasteiger partial charge < -0.3 is 20.2 Å². The van der Waals surface area contributed by atoms with Crippen molar-refractivity contribution in [3.05, 3.63) is 59.9 Å². The summed E-state index contributed by atoms with van der Waals surface area (Å²) < 4.78 is 0. The number of nitrogens with zero attached hydrogens (tertiary/aromatic N) is 5. The number of aromatic nitrogens is 1. The minimum Gasteiger partial charge on any atom is -0.508 e. The summed E-state index contributed by atoms with van der Waals surface area (Å²) in [4.78, 5) is 48.4. The monoisotopic (exact) mass is 520 g/mol. The fourth-order valence-corrected chi connectivity index (χ4v) is 5.89. The fourth-order valence-electron chi connectivity index (χ4n) is 5.89. The molecular formula is C28H36N6O4. The van der Waals surface area contributed by atoms with E-state index >= 15 is 0 Å². The normalized spacial score (nSPS) is 22.9. The van der Waals surface area contributed by atoms with Crippen molar-refractivity contribution in [2.45, 2.75) is 57.3 Å². The van der Waals surface area contributed by atoms with Crippen molar-refractivity contribution in [2.24, 2.45) is 5.92 Å². The Hall–Kier alpha value is -3.66. The minimum atomic E-state index is -0.781. The molecule has 4 amide bonds. The number of benzene rings is 1. The molecule has 38 heavy (non-hydrogen) atoms. The summed E-state index contributed by atoms with van der Waals surface area (Å²) in [6, 6.07) is 11.2. The van der Waals surface area contributed by atoms with Crippen LogP contribution in [0.1, 0.15) is 43.4 Å². The zero-order valence-corrected chi connectivity index (χ0v) is 21.8. The lowest BCUT2D eigenvalue weighted by Crippen LogP contribution is -2.76. The molecule has 1 aromatic carbocycles. The van der Waals surface area contributed by atoms with E-state index in [0.29, 0.717) is 12.5 Å². The maximum atomic E-state index is 13.8. The molecule has 5 rings (SSSR count). The van der Waals surface area contributed by atoms with Gasteiger partial charge in [0.1, 0.15) is 18.0 Å². The van der Waals surface area contributed by atoms with Crippen LogP contribution >= 0.6 is 0 Å². The second-order valence-corrected chi connectivity index (χ2v) is 10.6. The number of pyridine rings is 1. The van der Waals surface area contributed by atoms with Crippen molar-refractivity contribution in [2.75, 3.05) is 26.7 Å². The van der Waals surface area contributed by atoms with E-state index < -0.39 is 12.2 Å². The number of nitrogens with one attached hydrogen (secondary N) is 1. The van der Waals surface area contributed by atoms with Crippen LogP contribution in [0, 0.1) is 5.92 Å². The maximum Gasteiger partial charge on any atom is 0.333 e. The topological polar surface area (TPSA) is 109 Å². The number of rotatable bonds is 6. The molecule has 202 valence electrons. The molecule has 3 aliphatic rings. The molecule has 3 fully saturated rings. The van der Waals surface area contributed by atoms with Crippen LogP contribution in [0.5, 0.6) is 5.75 Å². The molecule has 0 bridgehead atoms. The van der Waals surface area contributed by atoms with Crippen LogP contribution in [0.15, 0.2) is 48.7 Å². The number of hydrazine groups is 1. The minimum absolute atomic E-state index is 0.00689. The van der Waals surface area contributed by atoms with Crippen LogP contribution in [0.25, 0.3) is 0 Å². The standard InChI is InChI=1S/C28H36N6O4/c1-31-19-26(36)33-24(15-20-10-12-23(35)13-11-20)27(37)32(17-22-9-5-6-14-29-22)18-25(33)34(31)28(38)30-16-21-7-3-2-4-8-21/h5-6,9-14,21,24-25,35H,2-4,7-8,15-19H2,1H3,(H,30,38)/t24-,25?/m0/s1. The molecule has 2 N–H and O–H groups in total. The largest absolute Gasteiger partial charge is 0.508 e. The number of phenols is 1. The van der Waals surface area contributed by atoms with E-state index in [9.17, 15) is 19.5 Å².